The average Bonchev–Trinajstić information content (AvgIpc) is 2.86. The lowest BCUT2D eigenvalue weighted by Crippen LogP contribution is -2.13. The molecule has 1 amide bonds. The number of amides is 1. The molecule has 0 bridgehead atoms. The van der Waals surface area contributed by atoms with E-state index in [4.69, 9.17) is 0 Å². The lowest BCUT2D eigenvalue weighted by atomic mass is 10.2. The molecule has 4 heteroatoms. The topological polar surface area (TPSA) is 46.9 Å². The lowest BCUT2D eigenvalue weighted by molar-refractivity contribution is 0.102. The van der Waals surface area contributed by atoms with Crippen LogP contribution >= 0.6 is 0 Å². The molecule has 0 spiro atoms. The van der Waals surface area contributed by atoms with E-state index >= 15 is 0 Å². The molecule has 23 heavy (non-hydrogen) atoms. The molecule has 0 atom stereocenters. The highest BCUT2D eigenvalue weighted by Crippen LogP contribution is 2.17. The Bertz CT molecular complexity index is 828. The van der Waals surface area contributed by atoms with Gasteiger partial charge in [-0.15, -0.1) is 0 Å². The average molecular weight is 305 g/mol. The molecular formula is C19H19N3O. The van der Waals surface area contributed by atoms with E-state index in [1.54, 1.807) is 6.07 Å². The molecule has 2 heterocycles. The first kappa shape index (κ1) is 15.0. The number of benzene rings is 1. The Morgan fingerprint density at radius 2 is 1.57 bits per heavy atom. The van der Waals surface area contributed by atoms with Crippen molar-refractivity contribution in [3.05, 3.63) is 77.2 Å². The lowest BCUT2D eigenvalue weighted by Gasteiger charge is -2.10. The number of nitrogens with one attached hydrogen (secondary N) is 1. The normalized spacial score (nSPS) is 10.6. The quantitative estimate of drug-likeness (QED) is 0.793. The monoisotopic (exact) mass is 305 g/mol. The summed E-state index contributed by atoms with van der Waals surface area (Å²) in [6.07, 6.45) is 0. The van der Waals surface area contributed by atoms with Gasteiger partial charge in [-0.05, 0) is 69.3 Å². The van der Waals surface area contributed by atoms with Crippen LogP contribution in [0.25, 0.3) is 5.69 Å². The fourth-order valence-electron chi connectivity index (χ4n) is 2.64. The number of anilines is 1. The molecule has 3 rings (SSSR count). The second-order valence-electron chi connectivity index (χ2n) is 5.62. The summed E-state index contributed by atoms with van der Waals surface area (Å²) >= 11 is 0. The largest absolute Gasteiger partial charge is 0.319 e. The smallest absolute Gasteiger partial charge is 0.256 e. The van der Waals surface area contributed by atoms with E-state index in [1.165, 1.54) is 11.4 Å². The number of hydrogen-bond acceptors (Lipinski definition) is 2. The Morgan fingerprint density at radius 3 is 2.17 bits per heavy atom. The maximum atomic E-state index is 12.3. The molecular weight excluding hydrogens is 286 g/mol. The van der Waals surface area contributed by atoms with Crippen molar-refractivity contribution in [1.29, 1.82) is 0 Å². The second-order valence-corrected chi connectivity index (χ2v) is 5.62. The van der Waals surface area contributed by atoms with Crippen LogP contribution in [0.2, 0.25) is 0 Å². The van der Waals surface area contributed by atoms with E-state index in [0.29, 0.717) is 11.4 Å². The predicted octanol–water partition coefficient (Wildman–Crippen LogP) is 4.05. The molecule has 0 unspecified atom stereocenters. The van der Waals surface area contributed by atoms with Gasteiger partial charge < -0.3 is 9.88 Å². The Labute approximate surface area is 135 Å². The van der Waals surface area contributed by atoms with Gasteiger partial charge in [0.2, 0.25) is 0 Å². The van der Waals surface area contributed by atoms with Gasteiger partial charge in [0.1, 0.15) is 5.82 Å². The Balaban J connectivity index is 1.81. The number of carbonyl (C=O) groups is 1. The Hall–Kier alpha value is -2.88. The van der Waals surface area contributed by atoms with Gasteiger partial charge in [0.25, 0.3) is 5.91 Å². The highest BCUT2D eigenvalue weighted by molar-refractivity contribution is 6.03. The SMILES string of the molecule is Cc1cccc(NC(=O)c2ccc(-n3c(C)ccc3C)cc2)n1. The third-order valence-electron chi connectivity index (χ3n) is 3.79. The summed E-state index contributed by atoms with van der Waals surface area (Å²) in [7, 11) is 0. The van der Waals surface area contributed by atoms with Gasteiger partial charge in [-0.3, -0.25) is 4.79 Å². The standard InChI is InChI=1S/C19H19N3O/c1-13-5-4-6-18(20-13)21-19(23)16-9-11-17(12-10-16)22-14(2)7-8-15(22)3/h4-12H,1-3H3,(H,20,21,23). The summed E-state index contributed by atoms with van der Waals surface area (Å²) in [6.45, 7) is 6.03. The summed E-state index contributed by atoms with van der Waals surface area (Å²) in [5.74, 6) is 0.409. The number of hydrogen-bond donors (Lipinski definition) is 1. The zero-order valence-corrected chi connectivity index (χ0v) is 13.5. The molecule has 3 aromatic rings. The fourth-order valence-corrected chi connectivity index (χ4v) is 2.64. The van der Waals surface area contributed by atoms with Gasteiger partial charge in [-0.2, -0.15) is 0 Å². The minimum Gasteiger partial charge on any atom is -0.319 e. The summed E-state index contributed by atoms with van der Waals surface area (Å²) in [5, 5.41) is 2.82. The fraction of sp³-hybridized carbons (Fsp3) is 0.158. The summed E-state index contributed by atoms with van der Waals surface area (Å²) in [6, 6.07) is 17.3. The third kappa shape index (κ3) is 3.16. The van der Waals surface area contributed by atoms with Crippen LogP contribution in [-0.4, -0.2) is 15.5 Å². The molecule has 0 fully saturated rings. The molecule has 0 aliphatic heterocycles. The number of aryl methyl sites for hydroxylation is 3. The van der Waals surface area contributed by atoms with Crippen LogP contribution in [0, 0.1) is 20.8 Å². The zero-order chi connectivity index (χ0) is 16.4. The first-order valence-corrected chi connectivity index (χ1v) is 7.55. The Morgan fingerprint density at radius 1 is 0.913 bits per heavy atom. The van der Waals surface area contributed by atoms with Crippen LogP contribution in [0.15, 0.2) is 54.6 Å². The highest BCUT2D eigenvalue weighted by atomic mass is 16.1. The first-order chi connectivity index (χ1) is 11.0. The van der Waals surface area contributed by atoms with Crippen LogP contribution in [0.1, 0.15) is 27.4 Å². The predicted molar refractivity (Wildman–Crippen MR) is 92.2 cm³/mol. The molecule has 0 aliphatic carbocycles. The van der Waals surface area contributed by atoms with Crippen molar-refractivity contribution in [1.82, 2.24) is 9.55 Å². The van der Waals surface area contributed by atoms with E-state index in [9.17, 15) is 4.79 Å². The van der Waals surface area contributed by atoms with Crippen LogP contribution < -0.4 is 5.32 Å². The van der Waals surface area contributed by atoms with Gasteiger partial charge >= 0.3 is 0 Å². The van der Waals surface area contributed by atoms with Crippen molar-refractivity contribution in [2.45, 2.75) is 20.8 Å². The van der Waals surface area contributed by atoms with Gasteiger partial charge in [0.15, 0.2) is 0 Å². The Kier molecular flexibility index (Phi) is 3.98. The van der Waals surface area contributed by atoms with Crippen LogP contribution in [0.3, 0.4) is 0 Å². The van der Waals surface area contributed by atoms with Crippen molar-refractivity contribution in [2.75, 3.05) is 5.32 Å². The molecule has 4 nitrogen and oxygen atoms in total. The third-order valence-corrected chi connectivity index (χ3v) is 3.79. The first-order valence-electron chi connectivity index (χ1n) is 7.55. The maximum Gasteiger partial charge on any atom is 0.256 e. The van der Waals surface area contributed by atoms with Crippen molar-refractivity contribution in [3.8, 4) is 5.69 Å². The number of aromatic nitrogens is 2. The number of carbonyl (C=O) groups excluding carboxylic acids is 1. The highest BCUT2D eigenvalue weighted by Gasteiger charge is 2.08. The van der Waals surface area contributed by atoms with Gasteiger partial charge in [0, 0.05) is 28.3 Å². The van der Waals surface area contributed by atoms with E-state index in [-0.39, 0.29) is 5.91 Å². The molecule has 0 aliphatic rings. The van der Waals surface area contributed by atoms with Crippen LogP contribution in [0.5, 0.6) is 0 Å². The molecule has 0 saturated carbocycles. The van der Waals surface area contributed by atoms with E-state index in [1.807, 2.05) is 43.3 Å². The molecule has 116 valence electrons. The molecule has 1 N–H and O–H groups in total. The molecule has 2 aromatic heterocycles. The minimum absolute atomic E-state index is 0.157. The summed E-state index contributed by atoms with van der Waals surface area (Å²) in [4.78, 5) is 16.6. The summed E-state index contributed by atoms with van der Waals surface area (Å²) in [5.41, 5.74) is 4.87. The number of nitrogens with zero attached hydrogens (tertiary/aromatic N) is 2. The summed E-state index contributed by atoms with van der Waals surface area (Å²) < 4.78 is 2.16. The number of pyridine rings is 1. The van der Waals surface area contributed by atoms with E-state index in [0.717, 1.165) is 11.4 Å². The minimum atomic E-state index is -0.157. The van der Waals surface area contributed by atoms with Gasteiger partial charge in [-0.1, -0.05) is 6.07 Å². The maximum absolute atomic E-state index is 12.3. The molecule has 1 aromatic carbocycles. The van der Waals surface area contributed by atoms with Crippen molar-refractivity contribution >= 4 is 11.7 Å². The van der Waals surface area contributed by atoms with Crippen molar-refractivity contribution in [2.24, 2.45) is 0 Å². The van der Waals surface area contributed by atoms with E-state index in [2.05, 4.69) is 40.8 Å². The second kappa shape index (κ2) is 6.08. The van der Waals surface area contributed by atoms with Gasteiger partial charge in [-0.25, -0.2) is 4.98 Å². The van der Waals surface area contributed by atoms with Gasteiger partial charge in [0.05, 0.1) is 0 Å². The van der Waals surface area contributed by atoms with Crippen molar-refractivity contribution < 1.29 is 4.79 Å². The molecule has 0 saturated heterocycles. The van der Waals surface area contributed by atoms with E-state index < -0.39 is 0 Å². The zero-order valence-electron chi connectivity index (χ0n) is 13.5. The van der Waals surface area contributed by atoms with Crippen LogP contribution in [0.4, 0.5) is 5.82 Å². The molecule has 0 radical (unpaired) electrons. The number of rotatable bonds is 3. The van der Waals surface area contributed by atoms with Crippen LogP contribution in [-0.2, 0) is 0 Å². The van der Waals surface area contributed by atoms with Crippen molar-refractivity contribution in [3.63, 3.8) is 0 Å².